The van der Waals surface area contributed by atoms with Crippen LogP contribution in [0.5, 0.6) is 0 Å². The molecule has 1 N–H and O–H groups in total. The van der Waals surface area contributed by atoms with Gasteiger partial charge in [0.15, 0.2) is 0 Å². The van der Waals surface area contributed by atoms with Crippen LogP contribution >= 0.6 is 0 Å². The number of piperidine rings is 1. The predicted molar refractivity (Wildman–Crippen MR) is 84.3 cm³/mol. The molecule has 1 saturated heterocycles. The van der Waals surface area contributed by atoms with E-state index >= 15 is 0 Å². The Kier molecular flexibility index (Phi) is 5.96. The van der Waals surface area contributed by atoms with Crippen LogP contribution in [0.3, 0.4) is 0 Å². The highest BCUT2D eigenvalue weighted by atomic mass is 16.2. The van der Waals surface area contributed by atoms with Gasteiger partial charge in [0.2, 0.25) is 5.95 Å². The molecule has 0 atom stereocenters. The fourth-order valence-electron chi connectivity index (χ4n) is 2.51. The van der Waals surface area contributed by atoms with Crippen molar-refractivity contribution >= 4 is 11.9 Å². The zero-order chi connectivity index (χ0) is 15.1. The van der Waals surface area contributed by atoms with Crippen LogP contribution in [0, 0.1) is 5.92 Å². The van der Waals surface area contributed by atoms with Gasteiger partial charge in [0.25, 0.3) is 5.91 Å². The summed E-state index contributed by atoms with van der Waals surface area (Å²) in [5.41, 5.74) is 0.498. The third-order valence-electron chi connectivity index (χ3n) is 4.01. The van der Waals surface area contributed by atoms with Gasteiger partial charge in [-0.05, 0) is 31.2 Å². The molecule has 1 amide bonds. The fourth-order valence-corrected chi connectivity index (χ4v) is 2.51. The monoisotopic (exact) mass is 290 g/mol. The molecule has 1 aromatic heterocycles. The molecule has 0 radical (unpaired) electrons. The molecule has 1 fully saturated rings. The number of aromatic nitrogens is 2. The zero-order valence-corrected chi connectivity index (χ0v) is 13.1. The van der Waals surface area contributed by atoms with E-state index in [1.165, 1.54) is 12.8 Å². The van der Waals surface area contributed by atoms with Crippen LogP contribution < -0.4 is 5.32 Å². The number of likely N-dealkylation sites (tertiary alicyclic amines) is 1. The SMILES string of the molecule is CCCCCNc1nccc(C(=O)N2CCC(C)CC2)n1. The minimum Gasteiger partial charge on any atom is -0.354 e. The number of anilines is 1. The van der Waals surface area contributed by atoms with Crippen molar-refractivity contribution in [2.24, 2.45) is 5.92 Å². The number of carbonyl (C=O) groups is 1. The number of amides is 1. The fraction of sp³-hybridized carbons (Fsp3) is 0.688. The quantitative estimate of drug-likeness (QED) is 0.818. The van der Waals surface area contributed by atoms with Crippen molar-refractivity contribution in [1.82, 2.24) is 14.9 Å². The maximum Gasteiger partial charge on any atom is 0.272 e. The molecular formula is C16H26N4O. The minimum atomic E-state index is 0.0286. The number of unbranched alkanes of at least 4 members (excludes halogenated alkanes) is 2. The Labute approximate surface area is 127 Å². The second-order valence-corrected chi connectivity index (χ2v) is 5.87. The molecule has 1 aromatic rings. The van der Waals surface area contributed by atoms with Gasteiger partial charge in [0.1, 0.15) is 5.69 Å². The van der Waals surface area contributed by atoms with E-state index in [2.05, 4.69) is 29.1 Å². The van der Waals surface area contributed by atoms with Crippen LogP contribution in [0.4, 0.5) is 5.95 Å². The summed E-state index contributed by atoms with van der Waals surface area (Å²) in [6.07, 6.45) is 7.31. The maximum atomic E-state index is 12.4. The van der Waals surface area contributed by atoms with Crippen LogP contribution in [0.25, 0.3) is 0 Å². The Morgan fingerprint density at radius 1 is 1.38 bits per heavy atom. The number of nitrogens with one attached hydrogen (secondary N) is 1. The van der Waals surface area contributed by atoms with Gasteiger partial charge in [0.05, 0.1) is 0 Å². The van der Waals surface area contributed by atoms with Gasteiger partial charge in [-0.3, -0.25) is 4.79 Å². The molecule has 0 unspecified atom stereocenters. The van der Waals surface area contributed by atoms with E-state index in [0.717, 1.165) is 44.8 Å². The van der Waals surface area contributed by atoms with Crippen molar-refractivity contribution in [1.29, 1.82) is 0 Å². The number of carbonyl (C=O) groups excluding carboxylic acids is 1. The Morgan fingerprint density at radius 2 is 2.14 bits per heavy atom. The Morgan fingerprint density at radius 3 is 2.86 bits per heavy atom. The van der Waals surface area contributed by atoms with E-state index in [4.69, 9.17) is 0 Å². The van der Waals surface area contributed by atoms with Crippen molar-refractivity contribution in [3.05, 3.63) is 18.0 Å². The van der Waals surface area contributed by atoms with E-state index in [1.807, 2.05) is 4.90 Å². The number of hydrogen-bond donors (Lipinski definition) is 1. The van der Waals surface area contributed by atoms with E-state index < -0.39 is 0 Å². The largest absolute Gasteiger partial charge is 0.354 e. The van der Waals surface area contributed by atoms with E-state index in [9.17, 15) is 4.79 Å². The summed E-state index contributed by atoms with van der Waals surface area (Å²) in [6.45, 7) is 6.94. The topological polar surface area (TPSA) is 58.1 Å². The van der Waals surface area contributed by atoms with Crippen LogP contribution in [-0.4, -0.2) is 40.4 Å². The Bertz CT molecular complexity index is 455. The van der Waals surface area contributed by atoms with Gasteiger partial charge in [-0.2, -0.15) is 0 Å². The smallest absolute Gasteiger partial charge is 0.272 e. The van der Waals surface area contributed by atoms with E-state index in [-0.39, 0.29) is 5.91 Å². The molecule has 0 saturated carbocycles. The third kappa shape index (κ3) is 4.69. The highest BCUT2D eigenvalue weighted by molar-refractivity contribution is 5.92. The van der Waals surface area contributed by atoms with Crippen molar-refractivity contribution in [2.75, 3.05) is 25.0 Å². The van der Waals surface area contributed by atoms with Gasteiger partial charge in [-0.25, -0.2) is 9.97 Å². The standard InChI is InChI=1S/C16H26N4O/c1-3-4-5-9-17-16-18-10-6-14(19-16)15(21)20-11-7-13(2)8-12-20/h6,10,13H,3-5,7-9,11-12H2,1-2H3,(H,17,18,19). The van der Waals surface area contributed by atoms with Gasteiger partial charge < -0.3 is 10.2 Å². The van der Waals surface area contributed by atoms with E-state index in [1.54, 1.807) is 12.3 Å². The molecule has 1 aliphatic heterocycles. The lowest BCUT2D eigenvalue weighted by atomic mass is 9.99. The minimum absolute atomic E-state index is 0.0286. The van der Waals surface area contributed by atoms with Gasteiger partial charge >= 0.3 is 0 Å². The van der Waals surface area contributed by atoms with Crippen LogP contribution in [-0.2, 0) is 0 Å². The molecule has 5 heteroatoms. The second-order valence-electron chi connectivity index (χ2n) is 5.87. The lowest BCUT2D eigenvalue weighted by Gasteiger charge is -2.30. The van der Waals surface area contributed by atoms with Gasteiger partial charge in [-0.15, -0.1) is 0 Å². The zero-order valence-electron chi connectivity index (χ0n) is 13.1. The summed E-state index contributed by atoms with van der Waals surface area (Å²) in [6, 6.07) is 1.71. The molecule has 0 aromatic carbocycles. The molecule has 1 aliphatic rings. The summed E-state index contributed by atoms with van der Waals surface area (Å²) in [7, 11) is 0. The summed E-state index contributed by atoms with van der Waals surface area (Å²) < 4.78 is 0. The summed E-state index contributed by atoms with van der Waals surface area (Å²) in [5, 5.41) is 3.19. The van der Waals surface area contributed by atoms with Crippen molar-refractivity contribution in [2.45, 2.75) is 46.0 Å². The molecule has 0 aliphatic carbocycles. The first-order chi connectivity index (χ1) is 10.2. The number of hydrogen-bond acceptors (Lipinski definition) is 4. The second kappa shape index (κ2) is 7.96. The van der Waals surface area contributed by atoms with Crippen molar-refractivity contribution in [3.63, 3.8) is 0 Å². The maximum absolute atomic E-state index is 12.4. The van der Waals surface area contributed by atoms with Crippen molar-refractivity contribution in [3.8, 4) is 0 Å². The first kappa shape index (κ1) is 15.7. The van der Waals surface area contributed by atoms with Gasteiger partial charge in [-0.1, -0.05) is 26.7 Å². The van der Waals surface area contributed by atoms with Crippen molar-refractivity contribution < 1.29 is 4.79 Å². The summed E-state index contributed by atoms with van der Waals surface area (Å²) >= 11 is 0. The van der Waals surface area contributed by atoms with Crippen LogP contribution in [0.1, 0.15) is 56.4 Å². The highest BCUT2D eigenvalue weighted by Gasteiger charge is 2.22. The first-order valence-corrected chi connectivity index (χ1v) is 8.07. The molecule has 21 heavy (non-hydrogen) atoms. The van der Waals surface area contributed by atoms with E-state index in [0.29, 0.717) is 11.6 Å². The molecular weight excluding hydrogens is 264 g/mol. The van der Waals surface area contributed by atoms with Crippen LogP contribution in [0.2, 0.25) is 0 Å². The average molecular weight is 290 g/mol. The summed E-state index contributed by atoms with van der Waals surface area (Å²) in [4.78, 5) is 22.9. The molecule has 0 bridgehead atoms. The van der Waals surface area contributed by atoms with Crippen LogP contribution in [0.15, 0.2) is 12.3 Å². The normalized spacial score (nSPS) is 16.0. The Balaban J connectivity index is 1.91. The third-order valence-corrected chi connectivity index (χ3v) is 4.01. The predicted octanol–water partition coefficient (Wildman–Crippen LogP) is 2.95. The lowest BCUT2D eigenvalue weighted by molar-refractivity contribution is 0.0691. The van der Waals surface area contributed by atoms with Gasteiger partial charge in [0, 0.05) is 25.8 Å². The molecule has 116 valence electrons. The highest BCUT2D eigenvalue weighted by Crippen LogP contribution is 2.17. The number of rotatable bonds is 6. The summed E-state index contributed by atoms with van der Waals surface area (Å²) in [5.74, 6) is 1.30. The number of nitrogens with zero attached hydrogens (tertiary/aromatic N) is 3. The average Bonchev–Trinajstić information content (AvgIpc) is 2.52. The molecule has 5 nitrogen and oxygen atoms in total. The Hall–Kier alpha value is -1.65. The molecule has 0 spiro atoms. The lowest BCUT2D eigenvalue weighted by Crippen LogP contribution is -2.38. The molecule has 2 rings (SSSR count). The first-order valence-electron chi connectivity index (χ1n) is 8.07. The molecule has 2 heterocycles.